The van der Waals surface area contributed by atoms with Gasteiger partial charge in [-0.1, -0.05) is 12.1 Å². The number of benzene rings is 1. The predicted molar refractivity (Wildman–Crippen MR) is 64.8 cm³/mol. The van der Waals surface area contributed by atoms with E-state index in [0.29, 0.717) is 0 Å². The maximum absolute atomic E-state index is 4.38. The molecule has 0 aliphatic rings. The Bertz CT molecular complexity index is 411. The third-order valence-corrected chi connectivity index (χ3v) is 2.01. The molecule has 1 aromatic carbocycles. The fraction of sp³-hybridized carbons (Fsp3) is 0.222. The van der Waals surface area contributed by atoms with Gasteiger partial charge in [0.15, 0.2) is 0 Å². The third kappa shape index (κ3) is 1.94. The lowest BCUT2D eigenvalue weighted by Crippen LogP contribution is -1.97. The molecule has 0 aliphatic carbocycles. The summed E-state index contributed by atoms with van der Waals surface area (Å²) in [6.45, 7) is 0. The Labute approximate surface area is 95.3 Å². The second kappa shape index (κ2) is 5.08. The first-order valence-electron chi connectivity index (χ1n) is 3.92. The Morgan fingerprint density at radius 1 is 1.21 bits per heavy atom. The van der Waals surface area contributed by atoms with Gasteiger partial charge in [0.2, 0.25) is 5.95 Å². The van der Waals surface area contributed by atoms with E-state index >= 15 is 0 Å². The Kier molecular flexibility index (Phi) is 4.74. The van der Waals surface area contributed by atoms with E-state index in [1.54, 1.807) is 0 Å². The molecule has 1 heterocycles. The number of anilines is 1. The van der Waals surface area contributed by atoms with Gasteiger partial charge in [0.05, 0.1) is 11.0 Å². The molecule has 0 radical (unpaired) electrons. The topological polar surface area (TPSA) is 29.9 Å². The highest BCUT2D eigenvalue weighted by molar-refractivity contribution is 5.85. The number of rotatable bonds is 1. The number of imidazole rings is 1. The van der Waals surface area contributed by atoms with E-state index in [-0.39, 0.29) is 24.8 Å². The maximum Gasteiger partial charge on any atom is 0.203 e. The van der Waals surface area contributed by atoms with E-state index in [1.165, 1.54) is 0 Å². The molecule has 0 fully saturated rings. The van der Waals surface area contributed by atoms with E-state index in [4.69, 9.17) is 0 Å². The first kappa shape index (κ1) is 13.1. The van der Waals surface area contributed by atoms with E-state index in [0.717, 1.165) is 17.0 Å². The van der Waals surface area contributed by atoms with Crippen LogP contribution in [0.1, 0.15) is 0 Å². The zero-order valence-electron chi connectivity index (χ0n) is 8.02. The van der Waals surface area contributed by atoms with Crippen molar-refractivity contribution < 1.29 is 0 Å². The van der Waals surface area contributed by atoms with Crippen LogP contribution in [0.15, 0.2) is 24.3 Å². The van der Waals surface area contributed by atoms with Crippen molar-refractivity contribution in [1.82, 2.24) is 9.55 Å². The first-order chi connectivity index (χ1) is 5.83. The summed E-state index contributed by atoms with van der Waals surface area (Å²) in [5, 5.41) is 3.04. The lowest BCUT2D eigenvalue weighted by atomic mass is 10.3. The molecule has 0 spiro atoms. The first-order valence-corrected chi connectivity index (χ1v) is 3.92. The van der Waals surface area contributed by atoms with Gasteiger partial charge in [-0.05, 0) is 12.1 Å². The Hall–Kier alpha value is -0.930. The lowest BCUT2D eigenvalue weighted by molar-refractivity contribution is 0.952. The van der Waals surface area contributed by atoms with Gasteiger partial charge in [-0.2, -0.15) is 0 Å². The zero-order valence-corrected chi connectivity index (χ0v) is 9.65. The Morgan fingerprint density at radius 2 is 1.86 bits per heavy atom. The van der Waals surface area contributed by atoms with Crippen molar-refractivity contribution in [2.75, 3.05) is 12.4 Å². The molecular formula is C9H13Cl2N3. The fourth-order valence-corrected chi connectivity index (χ4v) is 1.37. The van der Waals surface area contributed by atoms with Crippen LogP contribution in [0.5, 0.6) is 0 Å². The highest BCUT2D eigenvalue weighted by Crippen LogP contribution is 2.16. The standard InChI is InChI=1S/C9H11N3.2ClH/c1-10-9-11-7-5-3-4-6-8(7)12(9)2;;/h3-6H,1-2H3,(H,10,11);2*1H. The van der Waals surface area contributed by atoms with Gasteiger partial charge in [-0.15, -0.1) is 24.8 Å². The summed E-state index contributed by atoms with van der Waals surface area (Å²) in [5.74, 6) is 0.899. The van der Waals surface area contributed by atoms with Crippen molar-refractivity contribution in [2.45, 2.75) is 0 Å². The van der Waals surface area contributed by atoms with Gasteiger partial charge in [-0.25, -0.2) is 4.98 Å². The van der Waals surface area contributed by atoms with Gasteiger partial charge in [0.25, 0.3) is 0 Å². The number of nitrogens with zero attached hydrogens (tertiary/aromatic N) is 2. The summed E-state index contributed by atoms with van der Waals surface area (Å²) >= 11 is 0. The van der Waals surface area contributed by atoms with Crippen LogP contribution in [0.4, 0.5) is 5.95 Å². The van der Waals surface area contributed by atoms with Crippen LogP contribution in [-0.4, -0.2) is 16.6 Å². The van der Waals surface area contributed by atoms with Crippen LogP contribution in [0, 0.1) is 0 Å². The van der Waals surface area contributed by atoms with Gasteiger partial charge < -0.3 is 9.88 Å². The van der Waals surface area contributed by atoms with Crippen molar-refractivity contribution >= 4 is 41.8 Å². The summed E-state index contributed by atoms with van der Waals surface area (Å²) in [6.07, 6.45) is 0. The summed E-state index contributed by atoms with van der Waals surface area (Å²) in [6, 6.07) is 8.08. The largest absolute Gasteiger partial charge is 0.359 e. The molecule has 78 valence electrons. The average molecular weight is 234 g/mol. The van der Waals surface area contributed by atoms with Crippen LogP contribution in [0.2, 0.25) is 0 Å². The van der Waals surface area contributed by atoms with Crippen molar-refractivity contribution in [1.29, 1.82) is 0 Å². The van der Waals surface area contributed by atoms with Crippen molar-refractivity contribution in [3.05, 3.63) is 24.3 Å². The van der Waals surface area contributed by atoms with Gasteiger partial charge in [-0.3, -0.25) is 0 Å². The van der Waals surface area contributed by atoms with Gasteiger partial charge in [0.1, 0.15) is 0 Å². The highest BCUT2D eigenvalue weighted by atomic mass is 35.5. The van der Waals surface area contributed by atoms with Gasteiger partial charge >= 0.3 is 0 Å². The molecule has 2 rings (SSSR count). The summed E-state index contributed by atoms with van der Waals surface area (Å²) in [4.78, 5) is 4.38. The quantitative estimate of drug-likeness (QED) is 0.821. The van der Waals surface area contributed by atoms with Crippen LogP contribution in [0.3, 0.4) is 0 Å². The highest BCUT2D eigenvalue weighted by Gasteiger charge is 2.03. The molecule has 0 aliphatic heterocycles. The molecule has 0 saturated heterocycles. The lowest BCUT2D eigenvalue weighted by Gasteiger charge is -1.98. The molecule has 0 saturated carbocycles. The molecule has 0 atom stereocenters. The molecule has 0 unspecified atom stereocenters. The molecular weight excluding hydrogens is 221 g/mol. The molecule has 14 heavy (non-hydrogen) atoms. The van der Waals surface area contributed by atoms with Crippen molar-refractivity contribution in [3.63, 3.8) is 0 Å². The SMILES string of the molecule is CNc1nc2ccccc2n1C.Cl.Cl. The summed E-state index contributed by atoms with van der Waals surface area (Å²) in [7, 11) is 3.88. The smallest absolute Gasteiger partial charge is 0.203 e. The number of aromatic nitrogens is 2. The second-order valence-corrected chi connectivity index (χ2v) is 2.73. The number of nitrogens with one attached hydrogen (secondary N) is 1. The number of halogens is 2. The number of fused-ring (bicyclic) bond motifs is 1. The van der Waals surface area contributed by atoms with Crippen LogP contribution >= 0.6 is 24.8 Å². The van der Waals surface area contributed by atoms with E-state index in [9.17, 15) is 0 Å². The number of para-hydroxylation sites is 2. The normalized spacial score (nSPS) is 9.00. The van der Waals surface area contributed by atoms with E-state index in [2.05, 4.69) is 16.4 Å². The summed E-state index contributed by atoms with van der Waals surface area (Å²) in [5.41, 5.74) is 2.19. The van der Waals surface area contributed by atoms with Crippen LogP contribution < -0.4 is 5.32 Å². The Balaban J connectivity index is 0.000000845. The molecule has 0 bridgehead atoms. The average Bonchev–Trinajstić information content (AvgIpc) is 2.44. The molecule has 5 heteroatoms. The monoisotopic (exact) mass is 233 g/mol. The van der Waals surface area contributed by atoms with Crippen LogP contribution in [-0.2, 0) is 7.05 Å². The third-order valence-electron chi connectivity index (χ3n) is 2.01. The van der Waals surface area contributed by atoms with E-state index in [1.807, 2.05) is 36.9 Å². The summed E-state index contributed by atoms with van der Waals surface area (Å²) < 4.78 is 2.04. The molecule has 2 aromatic rings. The number of hydrogen-bond acceptors (Lipinski definition) is 2. The number of aryl methyl sites for hydroxylation is 1. The number of hydrogen-bond donors (Lipinski definition) is 1. The van der Waals surface area contributed by atoms with Crippen molar-refractivity contribution in [2.24, 2.45) is 7.05 Å². The Morgan fingerprint density at radius 3 is 2.43 bits per heavy atom. The minimum absolute atomic E-state index is 0. The van der Waals surface area contributed by atoms with Crippen molar-refractivity contribution in [3.8, 4) is 0 Å². The maximum atomic E-state index is 4.38. The zero-order chi connectivity index (χ0) is 8.55. The van der Waals surface area contributed by atoms with Crippen LogP contribution in [0.25, 0.3) is 11.0 Å². The molecule has 1 aromatic heterocycles. The van der Waals surface area contributed by atoms with E-state index < -0.39 is 0 Å². The minimum atomic E-state index is 0. The predicted octanol–water partition coefficient (Wildman–Crippen LogP) is 2.46. The van der Waals surface area contributed by atoms with Gasteiger partial charge in [0, 0.05) is 14.1 Å². The molecule has 0 amide bonds. The second-order valence-electron chi connectivity index (χ2n) is 2.73. The molecule has 1 N–H and O–H groups in total. The fourth-order valence-electron chi connectivity index (χ4n) is 1.37. The molecule has 3 nitrogen and oxygen atoms in total. The minimum Gasteiger partial charge on any atom is -0.359 e.